The van der Waals surface area contributed by atoms with E-state index in [0.29, 0.717) is 11.3 Å². The van der Waals surface area contributed by atoms with Crippen LogP contribution < -0.4 is 4.90 Å². The first-order chi connectivity index (χ1) is 13.5. The summed E-state index contributed by atoms with van der Waals surface area (Å²) in [5.41, 5.74) is 1.79. The van der Waals surface area contributed by atoms with Gasteiger partial charge in [0.2, 0.25) is 11.8 Å². The predicted molar refractivity (Wildman–Crippen MR) is 108 cm³/mol. The lowest BCUT2D eigenvalue weighted by Crippen LogP contribution is -2.31. The molecular weight excluding hydrogens is 374 g/mol. The van der Waals surface area contributed by atoms with Gasteiger partial charge in [-0.25, -0.2) is 4.98 Å². The quantitative estimate of drug-likeness (QED) is 0.633. The van der Waals surface area contributed by atoms with Crippen LogP contribution in [0.15, 0.2) is 48.5 Å². The van der Waals surface area contributed by atoms with Gasteiger partial charge < -0.3 is 4.90 Å². The highest BCUT2D eigenvalue weighted by molar-refractivity contribution is 7.18. The maximum absolute atomic E-state index is 13.0. The lowest BCUT2D eigenvalue weighted by molar-refractivity contribution is -0.121. The third-order valence-corrected chi connectivity index (χ3v) is 6.18. The van der Waals surface area contributed by atoms with Crippen LogP contribution in [0.25, 0.3) is 10.2 Å². The van der Waals surface area contributed by atoms with Crippen molar-refractivity contribution < 1.29 is 14.4 Å². The molecule has 3 amide bonds. The standard InChI is InChI=1S/C21H19N3O3S/c1-13(20-22-16-8-3-4-9-17(16)28-20)23(2)21(27)14-6-5-7-15(12-14)24-18(25)10-11-19(24)26/h3-9,12-13H,10-11H2,1-2H3/t13-/m1/s1. The van der Waals surface area contributed by atoms with E-state index in [1.807, 2.05) is 31.2 Å². The van der Waals surface area contributed by atoms with E-state index in [-0.39, 0.29) is 36.6 Å². The maximum Gasteiger partial charge on any atom is 0.254 e. The smallest absolute Gasteiger partial charge is 0.254 e. The van der Waals surface area contributed by atoms with Crippen molar-refractivity contribution in [2.45, 2.75) is 25.8 Å². The Balaban J connectivity index is 1.59. The molecule has 1 aliphatic heterocycles. The molecule has 1 saturated heterocycles. The molecule has 0 saturated carbocycles. The number of fused-ring (bicyclic) bond motifs is 1. The van der Waals surface area contributed by atoms with E-state index in [4.69, 9.17) is 0 Å². The van der Waals surface area contributed by atoms with Crippen molar-refractivity contribution in [2.24, 2.45) is 0 Å². The second kappa shape index (κ2) is 7.16. The van der Waals surface area contributed by atoms with Crippen molar-refractivity contribution in [1.82, 2.24) is 9.88 Å². The molecule has 28 heavy (non-hydrogen) atoms. The zero-order valence-corrected chi connectivity index (χ0v) is 16.4. The van der Waals surface area contributed by atoms with Crippen LogP contribution in [-0.4, -0.2) is 34.7 Å². The summed E-state index contributed by atoms with van der Waals surface area (Å²) in [5, 5.41) is 0.859. The fourth-order valence-corrected chi connectivity index (χ4v) is 4.32. The molecule has 1 atom stereocenters. The number of rotatable bonds is 4. The summed E-state index contributed by atoms with van der Waals surface area (Å²) in [6.45, 7) is 1.94. The lowest BCUT2D eigenvalue weighted by Gasteiger charge is -2.24. The molecule has 0 radical (unpaired) electrons. The third-order valence-electron chi connectivity index (χ3n) is 4.97. The molecule has 3 aromatic rings. The zero-order chi connectivity index (χ0) is 19.8. The summed E-state index contributed by atoms with van der Waals surface area (Å²) in [4.78, 5) is 44.4. The van der Waals surface area contributed by atoms with E-state index in [1.54, 1.807) is 47.5 Å². The Labute approximate surface area is 166 Å². The Bertz CT molecular complexity index is 1040. The van der Waals surface area contributed by atoms with E-state index >= 15 is 0 Å². The van der Waals surface area contributed by atoms with Gasteiger partial charge in [0.1, 0.15) is 5.01 Å². The molecule has 0 spiro atoms. The van der Waals surface area contributed by atoms with E-state index in [1.165, 1.54) is 0 Å². The number of anilines is 1. The number of para-hydroxylation sites is 1. The van der Waals surface area contributed by atoms with Gasteiger partial charge in [-0.3, -0.25) is 19.3 Å². The Morgan fingerprint density at radius 1 is 1.11 bits per heavy atom. The Morgan fingerprint density at radius 3 is 2.54 bits per heavy atom. The molecule has 142 valence electrons. The Morgan fingerprint density at radius 2 is 1.82 bits per heavy atom. The number of aromatic nitrogens is 1. The van der Waals surface area contributed by atoms with Gasteiger partial charge >= 0.3 is 0 Å². The highest BCUT2D eigenvalue weighted by Gasteiger charge is 2.31. The molecule has 1 fully saturated rings. The average molecular weight is 393 g/mol. The van der Waals surface area contributed by atoms with Gasteiger partial charge in [-0.2, -0.15) is 0 Å². The normalized spacial score (nSPS) is 15.3. The van der Waals surface area contributed by atoms with Gasteiger partial charge in [0.25, 0.3) is 5.91 Å². The number of carbonyl (C=O) groups excluding carboxylic acids is 3. The van der Waals surface area contributed by atoms with Gasteiger partial charge in [-0.05, 0) is 37.3 Å². The molecule has 2 aromatic carbocycles. The second-order valence-electron chi connectivity index (χ2n) is 6.79. The van der Waals surface area contributed by atoms with Crippen LogP contribution in [0.5, 0.6) is 0 Å². The summed E-state index contributed by atoms with van der Waals surface area (Å²) in [6.07, 6.45) is 0.428. The molecule has 6 nitrogen and oxygen atoms in total. The van der Waals surface area contributed by atoms with Crippen LogP contribution in [0.4, 0.5) is 5.69 Å². The third kappa shape index (κ3) is 3.18. The average Bonchev–Trinajstić information content (AvgIpc) is 3.29. The first-order valence-corrected chi connectivity index (χ1v) is 9.86. The van der Waals surface area contributed by atoms with Gasteiger partial charge in [0.15, 0.2) is 0 Å². The molecular formula is C21H19N3O3S. The molecule has 2 heterocycles. The van der Waals surface area contributed by atoms with Crippen LogP contribution in [0, 0.1) is 0 Å². The number of thiazole rings is 1. The number of carbonyl (C=O) groups is 3. The van der Waals surface area contributed by atoms with E-state index < -0.39 is 0 Å². The Hall–Kier alpha value is -3.06. The van der Waals surface area contributed by atoms with Crippen molar-refractivity contribution in [1.29, 1.82) is 0 Å². The van der Waals surface area contributed by atoms with Gasteiger partial charge in [0, 0.05) is 25.5 Å². The van der Waals surface area contributed by atoms with E-state index in [9.17, 15) is 14.4 Å². The van der Waals surface area contributed by atoms with E-state index in [2.05, 4.69) is 4.98 Å². The summed E-state index contributed by atoms with van der Waals surface area (Å²) in [7, 11) is 1.73. The van der Waals surface area contributed by atoms with Crippen molar-refractivity contribution in [2.75, 3.05) is 11.9 Å². The molecule has 7 heteroatoms. The number of benzene rings is 2. The highest BCUT2D eigenvalue weighted by Crippen LogP contribution is 2.30. The van der Waals surface area contributed by atoms with Gasteiger partial charge in [-0.1, -0.05) is 18.2 Å². The monoisotopic (exact) mass is 393 g/mol. The Kier molecular flexibility index (Phi) is 4.68. The summed E-state index contributed by atoms with van der Waals surface area (Å²) < 4.78 is 1.08. The minimum atomic E-state index is -0.231. The van der Waals surface area contributed by atoms with Crippen LogP contribution in [0.3, 0.4) is 0 Å². The minimum Gasteiger partial charge on any atom is -0.333 e. The topological polar surface area (TPSA) is 70.6 Å². The molecule has 1 aliphatic rings. The van der Waals surface area contributed by atoms with Crippen molar-refractivity contribution in [3.8, 4) is 0 Å². The number of imide groups is 1. The van der Waals surface area contributed by atoms with Gasteiger partial charge in [-0.15, -0.1) is 11.3 Å². The maximum atomic E-state index is 13.0. The zero-order valence-electron chi connectivity index (χ0n) is 15.6. The van der Waals surface area contributed by atoms with Crippen LogP contribution in [0.1, 0.15) is 41.2 Å². The molecule has 1 aromatic heterocycles. The molecule has 0 bridgehead atoms. The number of nitrogens with zero attached hydrogens (tertiary/aromatic N) is 3. The van der Waals surface area contributed by atoms with Crippen LogP contribution in [0.2, 0.25) is 0 Å². The summed E-state index contributed by atoms with van der Waals surface area (Å²) in [6, 6.07) is 14.3. The van der Waals surface area contributed by atoms with Crippen LogP contribution >= 0.6 is 11.3 Å². The van der Waals surface area contributed by atoms with Crippen LogP contribution in [-0.2, 0) is 9.59 Å². The summed E-state index contributed by atoms with van der Waals surface area (Å²) >= 11 is 1.57. The second-order valence-corrected chi connectivity index (χ2v) is 7.85. The lowest BCUT2D eigenvalue weighted by atomic mass is 10.1. The number of hydrogen-bond acceptors (Lipinski definition) is 5. The molecule has 0 N–H and O–H groups in total. The highest BCUT2D eigenvalue weighted by atomic mass is 32.1. The minimum absolute atomic E-state index is 0.187. The first kappa shape index (κ1) is 18.3. The fraction of sp³-hybridized carbons (Fsp3) is 0.238. The first-order valence-electron chi connectivity index (χ1n) is 9.04. The molecule has 0 aliphatic carbocycles. The largest absolute Gasteiger partial charge is 0.333 e. The number of amides is 3. The van der Waals surface area contributed by atoms with E-state index in [0.717, 1.165) is 20.1 Å². The summed E-state index contributed by atoms with van der Waals surface area (Å²) in [5.74, 6) is -0.649. The number of hydrogen-bond donors (Lipinski definition) is 0. The van der Waals surface area contributed by atoms with Crippen molar-refractivity contribution in [3.05, 3.63) is 59.1 Å². The predicted octanol–water partition coefficient (Wildman–Crippen LogP) is 3.78. The van der Waals surface area contributed by atoms with Crippen molar-refractivity contribution >= 4 is 45.0 Å². The SMILES string of the molecule is C[C@H](c1nc2ccccc2s1)N(C)C(=O)c1cccc(N2C(=O)CCC2=O)c1. The van der Waals surface area contributed by atoms with Gasteiger partial charge in [0.05, 0.1) is 21.9 Å². The molecule has 0 unspecified atom stereocenters. The fourth-order valence-electron chi connectivity index (χ4n) is 3.26. The molecule has 4 rings (SSSR count). The van der Waals surface area contributed by atoms with Crippen molar-refractivity contribution in [3.63, 3.8) is 0 Å².